The number of carbonyl (C=O) groups excluding carboxylic acids is 2. The number of ether oxygens (including phenoxy) is 1. The van der Waals surface area contributed by atoms with Crippen LogP contribution in [0.2, 0.25) is 0 Å². The van der Waals surface area contributed by atoms with Gasteiger partial charge in [0.15, 0.2) is 0 Å². The number of hydrogen-bond acceptors (Lipinski definition) is 4. The summed E-state index contributed by atoms with van der Waals surface area (Å²) in [6.07, 6.45) is 1.60. The standard InChI is InChI=1S/C23H24N2O4/c1-16-6-3-8-19(12-16)23(27)24-17(2)22(26)25-20-9-4-7-18(13-20)14-28-15-21-10-5-11-29-21/h3-13,17H,14-15H2,1-2H3,(H,24,27)(H,25,26). The van der Waals surface area contributed by atoms with Crippen molar-refractivity contribution in [1.29, 1.82) is 0 Å². The summed E-state index contributed by atoms with van der Waals surface area (Å²) in [6.45, 7) is 4.34. The molecule has 1 aromatic heterocycles. The first kappa shape index (κ1) is 20.4. The van der Waals surface area contributed by atoms with Crippen LogP contribution >= 0.6 is 0 Å². The van der Waals surface area contributed by atoms with Crippen LogP contribution in [0.5, 0.6) is 0 Å². The van der Waals surface area contributed by atoms with Crippen LogP contribution < -0.4 is 10.6 Å². The lowest BCUT2D eigenvalue weighted by Crippen LogP contribution is -2.41. The zero-order chi connectivity index (χ0) is 20.6. The van der Waals surface area contributed by atoms with E-state index in [1.54, 1.807) is 31.4 Å². The molecule has 0 spiro atoms. The van der Waals surface area contributed by atoms with E-state index in [0.29, 0.717) is 24.5 Å². The Balaban J connectivity index is 1.52. The lowest BCUT2D eigenvalue weighted by Gasteiger charge is -2.15. The van der Waals surface area contributed by atoms with E-state index in [1.807, 2.05) is 49.4 Å². The second-order valence-corrected chi connectivity index (χ2v) is 6.83. The number of anilines is 1. The summed E-state index contributed by atoms with van der Waals surface area (Å²) in [7, 11) is 0. The van der Waals surface area contributed by atoms with Gasteiger partial charge in [0.1, 0.15) is 18.4 Å². The molecule has 1 unspecified atom stereocenters. The van der Waals surface area contributed by atoms with Crippen molar-refractivity contribution in [3.63, 3.8) is 0 Å². The van der Waals surface area contributed by atoms with E-state index < -0.39 is 6.04 Å². The Morgan fingerprint density at radius 1 is 1.03 bits per heavy atom. The molecule has 0 saturated heterocycles. The number of rotatable bonds is 8. The summed E-state index contributed by atoms with van der Waals surface area (Å²) in [5.41, 5.74) is 3.08. The molecule has 150 valence electrons. The molecule has 2 N–H and O–H groups in total. The summed E-state index contributed by atoms with van der Waals surface area (Å²) < 4.78 is 10.8. The van der Waals surface area contributed by atoms with Gasteiger partial charge in [0.25, 0.3) is 5.91 Å². The minimum Gasteiger partial charge on any atom is -0.467 e. The van der Waals surface area contributed by atoms with Gasteiger partial charge in [-0.2, -0.15) is 0 Å². The lowest BCUT2D eigenvalue weighted by molar-refractivity contribution is -0.117. The van der Waals surface area contributed by atoms with Crippen molar-refractivity contribution in [2.24, 2.45) is 0 Å². The number of amides is 2. The molecule has 0 saturated carbocycles. The smallest absolute Gasteiger partial charge is 0.251 e. The highest BCUT2D eigenvalue weighted by Crippen LogP contribution is 2.13. The number of carbonyl (C=O) groups is 2. The summed E-state index contributed by atoms with van der Waals surface area (Å²) in [5.74, 6) is 0.184. The summed E-state index contributed by atoms with van der Waals surface area (Å²) in [6, 6.07) is 17.6. The maximum atomic E-state index is 12.5. The fraction of sp³-hybridized carbons (Fsp3) is 0.217. The molecule has 0 radical (unpaired) electrons. The third-order valence-corrected chi connectivity index (χ3v) is 4.31. The highest BCUT2D eigenvalue weighted by Gasteiger charge is 2.17. The average molecular weight is 392 g/mol. The molecule has 2 aromatic carbocycles. The molecule has 0 aliphatic carbocycles. The number of benzene rings is 2. The number of nitrogens with one attached hydrogen (secondary N) is 2. The first-order chi connectivity index (χ1) is 14.0. The number of furan rings is 1. The molecule has 29 heavy (non-hydrogen) atoms. The second-order valence-electron chi connectivity index (χ2n) is 6.83. The van der Waals surface area contributed by atoms with Crippen molar-refractivity contribution in [2.75, 3.05) is 5.32 Å². The third kappa shape index (κ3) is 6.05. The molecule has 0 aliphatic heterocycles. The largest absolute Gasteiger partial charge is 0.467 e. The molecule has 0 bridgehead atoms. The van der Waals surface area contributed by atoms with E-state index in [9.17, 15) is 9.59 Å². The Labute approximate surface area is 169 Å². The van der Waals surface area contributed by atoms with E-state index in [0.717, 1.165) is 16.9 Å². The topological polar surface area (TPSA) is 80.6 Å². The van der Waals surface area contributed by atoms with Crippen molar-refractivity contribution in [3.8, 4) is 0 Å². The fourth-order valence-corrected chi connectivity index (χ4v) is 2.79. The summed E-state index contributed by atoms with van der Waals surface area (Å²) >= 11 is 0. The maximum Gasteiger partial charge on any atom is 0.251 e. The third-order valence-electron chi connectivity index (χ3n) is 4.31. The van der Waals surface area contributed by atoms with Gasteiger partial charge in [0.05, 0.1) is 12.9 Å². The van der Waals surface area contributed by atoms with Gasteiger partial charge in [-0.25, -0.2) is 0 Å². The van der Waals surface area contributed by atoms with Gasteiger partial charge in [-0.05, 0) is 55.8 Å². The maximum absolute atomic E-state index is 12.5. The minimum atomic E-state index is -0.679. The second kappa shape index (κ2) is 9.71. The van der Waals surface area contributed by atoms with Gasteiger partial charge in [-0.3, -0.25) is 9.59 Å². The van der Waals surface area contributed by atoms with Crippen molar-refractivity contribution >= 4 is 17.5 Å². The van der Waals surface area contributed by atoms with Gasteiger partial charge >= 0.3 is 0 Å². The molecule has 6 heteroatoms. The molecular formula is C23H24N2O4. The molecule has 6 nitrogen and oxygen atoms in total. The fourth-order valence-electron chi connectivity index (χ4n) is 2.79. The predicted octanol–water partition coefficient (Wildman–Crippen LogP) is 4.06. The van der Waals surface area contributed by atoms with Gasteiger partial charge in [-0.15, -0.1) is 0 Å². The highest BCUT2D eigenvalue weighted by atomic mass is 16.5. The molecule has 3 aromatic rings. The Morgan fingerprint density at radius 3 is 2.62 bits per heavy atom. The van der Waals surface area contributed by atoms with Crippen molar-refractivity contribution in [2.45, 2.75) is 33.1 Å². The van der Waals surface area contributed by atoms with Crippen molar-refractivity contribution < 1.29 is 18.7 Å². The monoisotopic (exact) mass is 392 g/mol. The van der Waals surface area contributed by atoms with Crippen LogP contribution in [-0.2, 0) is 22.7 Å². The van der Waals surface area contributed by atoms with Crippen molar-refractivity contribution in [1.82, 2.24) is 5.32 Å². The summed E-state index contributed by atoms with van der Waals surface area (Å²) in [4.78, 5) is 24.8. The molecule has 3 rings (SSSR count). The molecule has 1 heterocycles. The van der Waals surface area contributed by atoms with E-state index >= 15 is 0 Å². The van der Waals surface area contributed by atoms with Crippen LogP contribution in [0, 0.1) is 6.92 Å². The molecule has 0 fully saturated rings. The zero-order valence-electron chi connectivity index (χ0n) is 16.5. The van der Waals surface area contributed by atoms with Gasteiger partial charge in [0, 0.05) is 11.3 Å². The Morgan fingerprint density at radius 2 is 1.86 bits per heavy atom. The van der Waals surface area contributed by atoms with Crippen LogP contribution in [-0.4, -0.2) is 17.9 Å². The first-order valence-electron chi connectivity index (χ1n) is 9.39. The quantitative estimate of drug-likeness (QED) is 0.606. The van der Waals surface area contributed by atoms with E-state index in [1.165, 1.54) is 0 Å². The Hall–Kier alpha value is -3.38. The predicted molar refractivity (Wildman–Crippen MR) is 110 cm³/mol. The van der Waals surface area contributed by atoms with Crippen LogP contribution in [0.15, 0.2) is 71.3 Å². The Kier molecular flexibility index (Phi) is 6.81. The lowest BCUT2D eigenvalue weighted by atomic mass is 10.1. The van der Waals surface area contributed by atoms with E-state index in [2.05, 4.69) is 10.6 Å². The van der Waals surface area contributed by atoms with Crippen LogP contribution in [0.1, 0.15) is 34.2 Å². The molecule has 0 aliphatic rings. The van der Waals surface area contributed by atoms with E-state index in [-0.39, 0.29) is 11.8 Å². The average Bonchev–Trinajstić information content (AvgIpc) is 3.21. The molecule has 1 atom stereocenters. The van der Waals surface area contributed by atoms with Gasteiger partial charge < -0.3 is 19.8 Å². The minimum absolute atomic E-state index is 0.281. The molecule has 2 amide bonds. The van der Waals surface area contributed by atoms with E-state index in [4.69, 9.17) is 9.15 Å². The highest BCUT2D eigenvalue weighted by molar-refractivity contribution is 6.01. The van der Waals surface area contributed by atoms with Crippen LogP contribution in [0.3, 0.4) is 0 Å². The Bertz CT molecular complexity index is 967. The van der Waals surface area contributed by atoms with Gasteiger partial charge in [-0.1, -0.05) is 29.8 Å². The number of aryl methyl sites for hydroxylation is 1. The molecular weight excluding hydrogens is 368 g/mol. The number of hydrogen-bond donors (Lipinski definition) is 2. The summed E-state index contributed by atoms with van der Waals surface area (Å²) in [5, 5.41) is 5.55. The van der Waals surface area contributed by atoms with Crippen molar-refractivity contribution in [3.05, 3.63) is 89.4 Å². The normalized spacial score (nSPS) is 11.7. The first-order valence-corrected chi connectivity index (χ1v) is 9.39. The SMILES string of the molecule is Cc1cccc(C(=O)NC(C)C(=O)Nc2cccc(COCc3ccco3)c2)c1. The van der Waals surface area contributed by atoms with Crippen LogP contribution in [0.25, 0.3) is 0 Å². The van der Waals surface area contributed by atoms with Gasteiger partial charge in [0.2, 0.25) is 5.91 Å². The van der Waals surface area contributed by atoms with Crippen LogP contribution in [0.4, 0.5) is 5.69 Å². The zero-order valence-corrected chi connectivity index (χ0v) is 16.5.